The number of nitrogens with zero attached hydrogens (tertiary/aromatic N) is 1. The Kier molecular flexibility index (Phi) is 15.2. The molecule has 0 saturated heterocycles. The highest BCUT2D eigenvalue weighted by Crippen LogP contribution is 2.22. The zero-order chi connectivity index (χ0) is 21.9. The third kappa shape index (κ3) is 13.1. The van der Waals surface area contributed by atoms with E-state index in [1.165, 1.54) is 70.6 Å². The maximum absolute atomic E-state index is 12.1. The fraction of sp³-hybridized carbons (Fsp3) is 0.615. The van der Waals surface area contributed by atoms with Gasteiger partial charge in [-0.15, -0.1) is 0 Å². The summed E-state index contributed by atoms with van der Waals surface area (Å²) < 4.78 is 0. The molecule has 1 aromatic carbocycles. The minimum Gasteiger partial charge on any atom is -0.326 e. The molecule has 0 heterocycles. The predicted molar refractivity (Wildman–Crippen MR) is 127 cm³/mol. The molecule has 1 rings (SSSR count). The van der Waals surface area contributed by atoms with Gasteiger partial charge in [-0.25, -0.2) is 4.79 Å². The first-order valence-corrected chi connectivity index (χ1v) is 11.8. The minimum atomic E-state index is 0.0116. The predicted octanol–water partition coefficient (Wildman–Crippen LogP) is 7.94. The zero-order valence-corrected chi connectivity index (χ0v) is 19.0. The van der Waals surface area contributed by atoms with Gasteiger partial charge >= 0.3 is 0 Å². The van der Waals surface area contributed by atoms with E-state index in [9.17, 15) is 9.59 Å². The Morgan fingerprint density at radius 1 is 0.933 bits per heavy atom. The number of rotatable bonds is 17. The van der Waals surface area contributed by atoms with Crippen molar-refractivity contribution in [1.29, 1.82) is 0 Å². The number of amides is 1. The van der Waals surface area contributed by atoms with Crippen molar-refractivity contribution in [2.75, 3.05) is 5.32 Å². The third-order valence-electron chi connectivity index (χ3n) is 5.32. The number of hydrogen-bond donors (Lipinski definition) is 1. The summed E-state index contributed by atoms with van der Waals surface area (Å²) >= 11 is 0. The third-order valence-corrected chi connectivity index (χ3v) is 5.32. The normalized spacial score (nSPS) is 10.9. The smallest absolute Gasteiger partial charge is 0.240 e. The first kappa shape index (κ1) is 25.8. The van der Waals surface area contributed by atoms with Crippen molar-refractivity contribution in [3.05, 3.63) is 35.9 Å². The lowest BCUT2D eigenvalue weighted by atomic mass is 10.1. The van der Waals surface area contributed by atoms with E-state index in [4.69, 9.17) is 0 Å². The average molecular weight is 413 g/mol. The number of benzene rings is 1. The molecule has 0 bridgehead atoms. The summed E-state index contributed by atoms with van der Waals surface area (Å²) in [6.07, 6.45) is 23.0. The maximum Gasteiger partial charge on any atom is 0.240 e. The first-order valence-electron chi connectivity index (χ1n) is 11.8. The Morgan fingerprint density at radius 3 is 2.17 bits per heavy atom. The second kappa shape index (κ2) is 17.7. The van der Waals surface area contributed by atoms with E-state index in [-0.39, 0.29) is 5.91 Å². The van der Waals surface area contributed by atoms with E-state index < -0.39 is 0 Å². The molecule has 0 atom stereocenters. The number of aliphatic imine (C=N–C) groups is 1. The van der Waals surface area contributed by atoms with Crippen LogP contribution in [0.5, 0.6) is 0 Å². The van der Waals surface area contributed by atoms with Crippen LogP contribution >= 0.6 is 0 Å². The standard InChI is InChI=1S/C26H40N2O2/c1-3-4-5-6-7-8-9-10-11-12-13-14-15-16-17-18-26(30)28-24-20-19-23(2)25(21-24)27-22-29/h10-11,19-21H,3-9,12-18H2,1-2H3,(H,28,30)/b11-10-. The van der Waals surface area contributed by atoms with Crippen LogP contribution in [0.25, 0.3) is 0 Å². The molecule has 0 spiro atoms. The van der Waals surface area contributed by atoms with Crippen molar-refractivity contribution >= 4 is 23.4 Å². The van der Waals surface area contributed by atoms with Crippen molar-refractivity contribution in [3.8, 4) is 0 Å². The molecule has 166 valence electrons. The van der Waals surface area contributed by atoms with Crippen LogP contribution in [0, 0.1) is 6.92 Å². The highest BCUT2D eigenvalue weighted by molar-refractivity contribution is 5.91. The molecule has 30 heavy (non-hydrogen) atoms. The quantitative estimate of drug-likeness (QED) is 0.122. The van der Waals surface area contributed by atoms with Crippen molar-refractivity contribution in [2.24, 2.45) is 4.99 Å². The molecule has 0 aliphatic carbocycles. The van der Waals surface area contributed by atoms with Gasteiger partial charge in [0, 0.05) is 12.1 Å². The summed E-state index contributed by atoms with van der Waals surface area (Å²) in [5.74, 6) is 0.0116. The first-order chi connectivity index (χ1) is 14.7. The molecule has 4 nitrogen and oxygen atoms in total. The van der Waals surface area contributed by atoms with Gasteiger partial charge in [-0.05, 0) is 56.7 Å². The van der Waals surface area contributed by atoms with Gasteiger partial charge in [0.1, 0.15) is 0 Å². The van der Waals surface area contributed by atoms with Crippen molar-refractivity contribution < 1.29 is 9.59 Å². The van der Waals surface area contributed by atoms with Crippen LogP contribution in [0.2, 0.25) is 0 Å². The molecule has 0 aliphatic heterocycles. The van der Waals surface area contributed by atoms with Gasteiger partial charge < -0.3 is 5.32 Å². The molecule has 0 saturated carbocycles. The number of carbonyl (C=O) groups is 1. The summed E-state index contributed by atoms with van der Waals surface area (Å²) in [5.41, 5.74) is 2.10. The van der Waals surface area contributed by atoms with Gasteiger partial charge in [-0.2, -0.15) is 4.99 Å². The summed E-state index contributed by atoms with van der Waals surface area (Å²) in [6, 6.07) is 5.38. The van der Waals surface area contributed by atoms with Gasteiger partial charge in [0.25, 0.3) is 0 Å². The highest BCUT2D eigenvalue weighted by atomic mass is 16.1. The van der Waals surface area contributed by atoms with Crippen LogP contribution in [-0.2, 0) is 9.59 Å². The fourth-order valence-electron chi connectivity index (χ4n) is 3.44. The van der Waals surface area contributed by atoms with Crippen LogP contribution in [-0.4, -0.2) is 12.0 Å². The molecular formula is C26H40N2O2. The Hall–Kier alpha value is -2.19. The molecule has 4 heteroatoms. The lowest BCUT2D eigenvalue weighted by Gasteiger charge is -2.07. The van der Waals surface area contributed by atoms with E-state index in [0.717, 1.165) is 18.4 Å². The molecule has 0 radical (unpaired) electrons. The number of isocyanates is 1. The van der Waals surface area contributed by atoms with Crippen LogP contribution in [0.15, 0.2) is 35.3 Å². The zero-order valence-electron chi connectivity index (χ0n) is 19.0. The van der Waals surface area contributed by atoms with Gasteiger partial charge in [-0.3, -0.25) is 4.79 Å². The molecule has 0 fully saturated rings. The average Bonchev–Trinajstić information content (AvgIpc) is 2.73. The highest BCUT2D eigenvalue weighted by Gasteiger charge is 2.04. The molecule has 0 aliphatic rings. The topological polar surface area (TPSA) is 58.5 Å². The number of allylic oxidation sites excluding steroid dienone is 2. The van der Waals surface area contributed by atoms with E-state index in [0.29, 0.717) is 17.8 Å². The van der Waals surface area contributed by atoms with Gasteiger partial charge in [0.15, 0.2) is 0 Å². The van der Waals surface area contributed by atoms with Crippen LogP contribution in [0.3, 0.4) is 0 Å². The largest absolute Gasteiger partial charge is 0.326 e. The van der Waals surface area contributed by atoms with Gasteiger partial charge in [0.2, 0.25) is 12.0 Å². The molecule has 0 aromatic heterocycles. The number of aryl methyl sites for hydroxylation is 1. The summed E-state index contributed by atoms with van der Waals surface area (Å²) in [5, 5.41) is 2.88. The Bertz CT molecular complexity index is 676. The Balaban J connectivity index is 2.00. The monoisotopic (exact) mass is 412 g/mol. The van der Waals surface area contributed by atoms with E-state index >= 15 is 0 Å². The second-order valence-corrected chi connectivity index (χ2v) is 8.09. The molecular weight excluding hydrogens is 372 g/mol. The van der Waals surface area contributed by atoms with E-state index in [1.54, 1.807) is 12.1 Å². The van der Waals surface area contributed by atoms with Crippen LogP contribution < -0.4 is 5.32 Å². The molecule has 1 amide bonds. The second-order valence-electron chi connectivity index (χ2n) is 8.09. The lowest BCUT2D eigenvalue weighted by Crippen LogP contribution is -2.10. The van der Waals surface area contributed by atoms with Crippen molar-refractivity contribution in [2.45, 2.75) is 104 Å². The molecule has 1 N–H and O–H groups in total. The number of unbranched alkanes of at least 4 members (excludes halogenated alkanes) is 11. The number of nitrogens with one attached hydrogen (secondary N) is 1. The lowest BCUT2D eigenvalue weighted by molar-refractivity contribution is -0.116. The van der Waals surface area contributed by atoms with Crippen LogP contribution in [0.4, 0.5) is 11.4 Å². The summed E-state index contributed by atoms with van der Waals surface area (Å²) in [4.78, 5) is 26.2. The van der Waals surface area contributed by atoms with Crippen molar-refractivity contribution in [3.63, 3.8) is 0 Å². The maximum atomic E-state index is 12.1. The summed E-state index contributed by atoms with van der Waals surface area (Å²) in [7, 11) is 0. The molecule has 0 unspecified atom stereocenters. The van der Waals surface area contributed by atoms with Gasteiger partial charge in [0.05, 0.1) is 5.69 Å². The molecule has 1 aromatic rings. The Morgan fingerprint density at radius 2 is 1.53 bits per heavy atom. The number of anilines is 1. The number of carbonyl (C=O) groups excluding carboxylic acids is 2. The Labute approximate surface area is 183 Å². The van der Waals surface area contributed by atoms with E-state index in [2.05, 4.69) is 29.4 Å². The van der Waals surface area contributed by atoms with Crippen molar-refractivity contribution in [1.82, 2.24) is 0 Å². The SMILES string of the molecule is CCCCCCCC/C=C\CCCCCCCC(=O)Nc1ccc(C)c(N=C=O)c1. The minimum absolute atomic E-state index is 0.0116. The van der Waals surface area contributed by atoms with Gasteiger partial charge in [-0.1, -0.05) is 76.5 Å². The van der Waals surface area contributed by atoms with Crippen LogP contribution in [0.1, 0.15) is 102 Å². The summed E-state index contributed by atoms with van der Waals surface area (Å²) in [6.45, 7) is 4.13. The van der Waals surface area contributed by atoms with E-state index in [1.807, 2.05) is 19.1 Å². The number of hydrogen-bond acceptors (Lipinski definition) is 3. The fourth-order valence-corrected chi connectivity index (χ4v) is 3.44.